The van der Waals surface area contributed by atoms with Crippen molar-refractivity contribution in [3.8, 4) is 0 Å². The van der Waals surface area contributed by atoms with Crippen molar-refractivity contribution in [3.05, 3.63) is 30.3 Å². The molecule has 0 radical (unpaired) electrons. The Hall–Kier alpha value is -0.880. The number of hydrogen-bond acceptors (Lipinski definition) is 0. The lowest BCUT2D eigenvalue weighted by Gasteiger charge is -1.76. The van der Waals surface area contributed by atoms with E-state index in [0.717, 1.165) is 12.2 Å². The van der Waals surface area contributed by atoms with E-state index in [1.165, 1.54) is 0 Å². The first-order chi connectivity index (χ1) is 3.81. The molecule has 0 saturated heterocycles. The molecular formula is C6H6F2. The van der Waals surface area contributed by atoms with Crippen molar-refractivity contribution in [2.24, 2.45) is 0 Å². The fourth-order valence-electron chi connectivity index (χ4n) is 0.230. The molecule has 0 aliphatic rings. The molecule has 0 aliphatic carbocycles. The third-order valence-electron chi connectivity index (χ3n) is 0.512. The predicted molar refractivity (Wildman–Crippen MR) is 28.9 cm³/mol. The average molecular weight is 116 g/mol. The van der Waals surface area contributed by atoms with Crippen LogP contribution in [0, 0.1) is 0 Å². The van der Waals surface area contributed by atoms with Crippen LogP contribution in [-0.4, -0.2) is 6.67 Å². The highest BCUT2D eigenvalue weighted by atomic mass is 19.1. The maximum absolute atomic E-state index is 11.9. The summed E-state index contributed by atoms with van der Waals surface area (Å²) >= 11 is 0. The molecule has 0 rings (SSSR count). The highest BCUT2D eigenvalue weighted by molar-refractivity contribution is 5.08. The second kappa shape index (κ2) is 4.28. The quantitative estimate of drug-likeness (QED) is 0.383. The zero-order valence-corrected chi connectivity index (χ0v) is 4.32. The van der Waals surface area contributed by atoms with E-state index < -0.39 is 12.5 Å². The summed E-state index contributed by atoms with van der Waals surface area (Å²) in [5.41, 5.74) is 2.17. The van der Waals surface area contributed by atoms with Gasteiger partial charge in [0.2, 0.25) is 0 Å². The lowest BCUT2D eigenvalue weighted by Crippen LogP contribution is -1.65. The monoisotopic (exact) mass is 116 g/mol. The third kappa shape index (κ3) is 3.32. The first-order valence-corrected chi connectivity index (χ1v) is 2.08. The van der Waals surface area contributed by atoms with Gasteiger partial charge in [-0.3, -0.25) is 0 Å². The van der Waals surface area contributed by atoms with Crippen LogP contribution < -0.4 is 0 Å². The largest absolute Gasteiger partial charge is 0.246 e. The second-order valence-electron chi connectivity index (χ2n) is 1.09. The zero-order chi connectivity index (χ0) is 6.41. The first kappa shape index (κ1) is 7.12. The van der Waals surface area contributed by atoms with E-state index in [-0.39, 0.29) is 0 Å². The molecule has 0 unspecified atom stereocenters. The standard InChI is InChI=1S/C6H6F2/c1-2-3-6(8)4-5-7/h3-4H,1,5H2. The van der Waals surface area contributed by atoms with Crippen molar-refractivity contribution >= 4 is 0 Å². The van der Waals surface area contributed by atoms with E-state index >= 15 is 0 Å². The van der Waals surface area contributed by atoms with E-state index in [2.05, 4.69) is 12.3 Å². The average Bonchev–Trinajstić information content (AvgIpc) is 1.68. The highest BCUT2D eigenvalue weighted by Gasteiger charge is 1.81. The summed E-state index contributed by atoms with van der Waals surface area (Å²) in [6, 6.07) is 0. The van der Waals surface area contributed by atoms with Crippen LogP contribution in [0.5, 0.6) is 0 Å². The minimum Gasteiger partial charge on any atom is -0.246 e. The number of halogens is 2. The molecule has 0 atom stereocenters. The highest BCUT2D eigenvalue weighted by Crippen LogP contribution is 1.95. The molecule has 0 aromatic heterocycles. The van der Waals surface area contributed by atoms with Crippen LogP contribution in [-0.2, 0) is 0 Å². The van der Waals surface area contributed by atoms with E-state index in [1.54, 1.807) is 0 Å². The summed E-state index contributed by atoms with van der Waals surface area (Å²) in [6.07, 6.45) is 1.78. The number of allylic oxidation sites excluding steroid dienone is 3. The SMILES string of the molecule is C=C=CC(F)=CCF. The predicted octanol–water partition coefficient (Wildman–Crippen LogP) is 2.15. The van der Waals surface area contributed by atoms with Gasteiger partial charge in [0, 0.05) is 6.08 Å². The smallest absolute Gasteiger partial charge is 0.129 e. The van der Waals surface area contributed by atoms with E-state index in [1.807, 2.05) is 0 Å². The molecule has 0 bridgehead atoms. The Bertz CT molecular complexity index is 129. The molecule has 0 aromatic carbocycles. The summed E-state index contributed by atoms with van der Waals surface area (Å²) in [6.45, 7) is 2.31. The van der Waals surface area contributed by atoms with Crippen molar-refractivity contribution in [1.29, 1.82) is 0 Å². The molecule has 8 heavy (non-hydrogen) atoms. The van der Waals surface area contributed by atoms with Crippen LogP contribution in [0.4, 0.5) is 8.78 Å². The van der Waals surface area contributed by atoms with Gasteiger partial charge in [0.1, 0.15) is 12.5 Å². The van der Waals surface area contributed by atoms with Gasteiger partial charge in [-0.05, 0) is 6.08 Å². The lowest BCUT2D eigenvalue weighted by molar-refractivity contribution is 0.548. The summed E-state index contributed by atoms with van der Waals surface area (Å²) in [5.74, 6) is -0.637. The minimum absolute atomic E-state index is 0.637. The van der Waals surface area contributed by atoms with E-state index in [0.29, 0.717) is 0 Å². The molecule has 0 spiro atoms. The van der Waals surface area contributed by atoms with Crippen LogP contribution in [0.2, 0.25) is 0 Å². The van der Waals surface area contributed by atoms with E-state index in [9.17, 15) is 8.78 Å². The molecule has 0 saturated carbocycles. The molecule has 44 valence electrons. The van der Waals surface area contributed by atoms with Crippen LogP contribution in [0.15, 0.2) is 30.3 Å². The third-order valence-corrected chi connectivity index (χ3v) is 0.512. The maximum Gasteiger partial charge on any atom is 0.129 e. The van der Waals surface area contributed by atoms with Crippen molar-refractivity contribution < 1.29 is 8.78 Å². The minimum atomic E-state index is -0.788. The van der Waals surface area contributed by atoms with Crippen molar-refractivity contribution in [3.63, 3.8) is 0 Å². The van der Waals surface area contributed by atoms with Gasteiger partial charge in [-0.2, -0.15) is 0 Å². The topological polar surface area (TPSA) is 0 Å². The molecule has 0 aromatic rings. The molecule has 0 amide bonds. The summed E-state index contributed by atoms with van der Waals surface area (Å²) in [5, 5.41) is 0. The normalized spacial score (nSPS) is 10.5. The Labute approximate surface area is 46.8 Å². The summed E-state index contributed by atoms with van der Waals surface area (Å²) < 4.78 is 23.0. The van der Waals surface area contributed by atoms with Gasteiger partial charge in [-0.15, -0.1) is 5.73 Å². The fourth-order valence-corrected chi connectivity index (χ4v) is 0.230. The van der Waals surface area contributed by atoms with Crippen LogP contribution >= 0.6 is 0 Å². The second-order valence-corrected chi connectivity index (χ2v) is 1.09. The molecule has 0 aliphatic heterocycles. The van der Waals surface area contributed by atoms with Gasteiger partial charge in [-0.25, -0.2) is 8.78 Å². The number of rotatable bonds is 2. The van der Waals surface area contributed by atoms with Crippen LogP contribution in [0.25, 0.3) is 0 Å². The molecule has 2 heteroatoms. The molecule has 0 N–H and O–H groups in total. The van der Waals surface area contributed by atoms with Gasteiger partial charge in [0.15, 0.2) is 0 Å². The molecule has 0 nitrogen and oxygen atoms in total. The van der Waals surface area contributed by atoms with Crippen molar-refractivity contribution in [2.45, 2.75) is 0 Å². The fraction of sp³-hybridized carbons (Fsp3) is 0.167. The van der Waals surface area contributed by atoms with Crippen molar-refractivity contribution in [1.82, 2.24) is 0 Å². The Morgan fingerprint density at radius 3 is 2.75 bits per heavy atom. The van der Waals surface area contributed by atoms with E-state index in [4.69, 9.17) is 0 Å². The Balaban J connectivity index is 3.79. The van der Waals surface area contributed by atoms with Gasteiger partial charge in [0.05, 0.1) is 0 Å². The zero-order valence-electron chi connectivity index (χ0n) is 4.32. The maximum atomic E-state index is 11.9. The van der Waals surface area contributed by atoms with Gasteiger partial charge >= 0.3 is 0 Å². The number of hydrogen-bond donors (Lipinski definition) is 0. The number of alkyl halides is 1. The molecular weight excluding hydrogens is 110 g/mol. The van der Waals surface area contributed by atoms with Crippen LogP contribution in [0.3, 0.4) is 0 Å². The molecule has 0 fully saturated rings. The summed E-state index contributed by atoms with van der Waals surface area (Å²) in [7, 11) is 0. The Kier molecular flexibility index (Phi) is 3.81. The molecule has 0 heterocycles. The van der Waals surface area contributed by atoms with Gasteiger partial charge in [0.25, 0.3) is 0 Å². The first-order valence-electron chi connectivity index (χ1n) is 2.08. The van der Waals surface area contributed by atoms with Crippen molar-refractivity contribution in [2.75, 3.05) is 6.67 Å². The Morgan fingerprint density at radius 1 is 1.75 bits per heavy atom. The van der Waals surface area contributed by atoms with Gasteiger partial charge in [-0.1, -0.05) is 6.58 Å². The van der Waals surface area contributed by atoms with Crippen LogP contribution in [0.1, 0.15) is 0 Å². The van der Waals surface area contributed by atoms with Gasteiger partial charge < -0.3 is 0 Å². The summed E-state index contributed by atoms with van der Waals surface area (Å²) in [4.78, 5) is 0. The lowest BCUT2D eigenvalue weighted by atomic mass is 10.5. The Morgan fingerprint density at radius 2 is 2.38 bits per heavy atom.